The van der Waals surface area contributed by atoms with Gasteiger partial charge in [0.05, 0.1) is 16.7 Å². The standard InChI is InChI=1S/C15H15F3N2O4S/c1-4-20-14(22)10(7-19-20)12(21)9-5-6-11(15(16,17)18)13(8(9)2)25(3,23)24/h5-7,22H,4H2,1-3H3. The van der Waals surface area contributed by atoms with E-state index in [0.717, 1.165) is 23.9 Å². The summed E-state index contributed by atoms with van der Waals surface area (Å²) in [5.41, 5.74) is -2.13. The molecule has 0 aliphatic rings. The average Bonchev–Trinajstić information content (AvgIpc) is 2.84. The fourth-order valence-corrected chi connectivity index (χ4v) is 3.80. The van der Waals surface area contributed by atoms with E-state index >= 15 is 0 Å². The summed E-state index contributed by atoms with van der Waals surface area (Å²) in [5, 5.41) is 13.7. The summed E-state index contributed by atoms with van der Waals surface area (Å²) >= 11 is 0. The van der Waals surface area contributed by atoms with Gasteiger partial charge in [0.2, 0.25) is 5.88 Å². The van der Waals surface area contributed by atoms with E-state index in [1.54, 1.807) is 6.92 Å². The van der Waals surface area contributed by atoms with Gasteiger partial charge in [-0.2, -0.15) is 18.3 Å². The lowest BCUT2D eigenvalue weighted by molar-refractivity contribution is -0.139. The highest BCUT2D eigenvalue weighted by Gasteiger charge is 2.38. The number of carbonyl (C=O) groups is 1. The van der Waals surface area contributed by atoms with E-state index < -0.39 is 38.1 Å². The van der Waals surface area contributed by atoms with Gasteiger partial charge in [0.15, 0.2) is 15.6 Å². The number of aromatic nitrogens is 2. The van der Waals surface area contributed by atoms with Gasteiger partial charge in [-0.15, -0.1) is 0 Å². The molecule has 0 saturated heterocycles. The van der Waals surface area contributed by atoms with Crippen LogP contribution in [0.4, 0.5) is 13.2 Å². The number of nitrogens with zero attached hydrogens (tertiary/aromatic N) is 2. The number of ketones is 1. The maximum Gasteiger partial charge on any atom is 0.417 e. The topological polar surface area (TPSA) is 89.3 Å². The molecule has 0 amide bonds. The Morgan fingerprint density at radius 1 is 1.28 bits per heavy atom. The second kappa shape index (κ2) is 6.17. The summed E-state index contributed by atoms with van der Waals surface area (Å²) in [6, 6.07) is 1.45. The molecule has 136 valence electrons. The second-order valence-corrected chi connectivity index (χ2v) is 7.36. The highest BCUT2D eigenvalue weighted by atomic mass is 32.2. The molecule has 0 atom stereocenters. The number of hydrogen-bond acceptors (Lipinski definition) is 5. The van der Waals surface area contributed by atoms with Gasteiger partial charge >= 0.3 is 6.18 Å². The number of carbonyl (C=O) groups excluding carboxylic acids is 1. The van der Waals surface area contributed by atoms with E-state index in [9.17, 15) is 31.5 Å². The van der Waals surface area contributed by atoms with Crippen molar-refractivity contribution in [1.82, 2.24) is 9.78 Å². The Labute approximate surface area is 141 Å². The SMILES string of the molecule is CCn1ncc(C(=O)c2ccc(C(F)(F)F)c(S(C)(=O)=O)c2C)c1O. The molecule has 0 bridgehead atoms. The lowest BCUT2D eigenvalue weighted by Crippen LogP contribution is -2.17. The quantitative estimate of drug-likeness (QED) is 0.829. The molecule has 0 spiro atoms. The van der Waals surface area contributed by atoms with Crippen molar-refractivity contribution in [2.24, 2.45) is 0 Å². The van der Waals surface area contributed by atoms with Crippen LogP contribution >= 0.6 is 0 Å². The highest BCUT2D eigenvalue weighted by molar-refractivity contribution is 7.90. The van der Waals surface area contributed by atoms with E-state index in [-0.39, 0.29) is 23.2 Å². The van der Waals surface area contributed by atoms with E-state index in [2.05, 4.69) is 5.10 Å². The zero-order valence-corrected chi connectivity index (χ0v) is 14.4. The summed E-state index contributed by atoms with van der Waals surface area (Å²) in [6.07, 6.45) is -3.16. The average molecular weight is 376 g/mol. The molecule has 2 aromatic rings. The van der Waals surface area contributed by atoms with Gasteiger partial charge in [0.25, 0.3) is 0 Å². The Morgan fingerprint density at radius 2 is 1.88 bits per heavy atom. The number of sulfone groups is 1. The molecular formula is C15H15F3N2O4S. The van der Waals surface area contributed by atoms with Crippen LogP contribution in [0.5, 0.6) is 5.88 Å². The fraction of sp³-hybridized carbons (Fsp3) is 0.333. The van der Waals surface area contributed by atoms with Crippen molar-refractivity contribution in [2.75, 3.05) is 6.26 Å². The largest absolute Gasteiger partial charge is 0.493 e. The molecule has 0 saturated carbocycles. The van der Waals surface area contributed by atoms with E-state index in [1.165, 1.54) is 0 Å². The lowest BCUT2D eigenvalue weighted by atomic mass is 9.98. The first kappa shape index (κ1) is 19.0. The van der Waals surface area contributed by atoms with E-state index in [4.69, 9.17) is 0 Å². The number of hydrogen-bond donors (Lipinski definition) is 1. The third kappa shape index (κ3) is 3.39. The van der Waals surface area contributed by atoms with E-state index in [0.29, 0.717) is 12.3 Å². The number of aromatic hydroxyl groups is 1. The molecule has 1 heterocycles. The van der Waals surface area contributed by atoms with Crippen LogP contribution in [0.3, 0.4) is 0 Å². The van der Waals surface area contributed by atoms with Crippen molar-refractivity contribution in [3.05, 3.63) is 40.6 Å². The molecule has 2 rings (SSSR count). The molecule has 1 aromatic heterocycles. The van der Waals surface area contributed by atoms with Crippen LogP contribution in [0.15, 0.2) is 23.2 Å². The summed E-state index contributed by atoms with van der Waals surface area (Å²) in [7, 11) is -4.25. The fourth-order valence-electron chi connectivity index (χ4n) is 2.55. The minimum Gasteiger partial charge on any atom is -0.493 e. The minimum absolute atomic E-state index is 0.218. The molecular weight excluding hydrogens is 361 g/mol. The van der Waals surface area contributed by atoms with Crippen LogP contribution in [0.25, 0.3) is 0 Å². The van der Waals surface area contributed by atoms with Gasteiger partial charge in [-0.25, -0.2) is 13.1 Å². The first-order valence-electron chi connectivity index (χ1n) is 7.09. The number of benzene rings is 1. The highest BCUT2D eigenvalue weighted by Crippen LogP contribution is 2.37. The van der Waals surface area contributed by atoms with Crippen LogP contribution in [-0.2, 0) is 22.6 Å². The number of halogens is 3. The molecule has 1 N–H and O–H groups in total. The molecule has 10 heteroatoms. The molecule has 6 nitrogen and oxygen atoms in total. The maximum absolute atomic E-state index is 13.1. The van der Waals surface area contributed by atoms with Gasteiger partial charge in [0.1, 0.15) is 5.56 Å². The van der Waals surface area contributed by atoms with E-state index in [1.807, 2.05) is 0 Å². The Bertz CT molecular complexity index is 946. The molecule has 25 heavy (non-hydrogen) atoms. The zero-order chi connectivity index (χ0) is 19.2. The number of aryl methyl sites for hydroxylation is 1. The summed E-state index contributed by atoms with van der Waals surface area (Å²) in [4.78, 5) is 11.6. The van der Waals surface area contributed by atoms with Gasteiger partial charge < -0.3 is 5.11 Å². The minimum atomic E-state index is -4.89. The third-order valence-corrected chi connectivity index (χ3v) is 4.95. The molecule has 0 fully saturated rings. The van der Waals surface area contributed by atoms with Gasteiger partial charge in [0, 0.05) is 18.4 Å². The Balaban J connectivity index is 2.72. The van der Waals surface area contributed by atoms with Crippen molar-refractivity contribution in [2.45, 2.75) is 31.5 Å². The summed E-state index contributed by atoms with van der Waals surface area (Å²) < 4.78 is 64.2. The van der Waals surface area contributed by atoms with Gasteiger partial charge in [-0.3, -0.25) is 4.79 Å². The predicted molar refractivity (Wildman–Crippen MR) is 82.3 cm³/mol. The van der Waals surface area contributed by atoms with Crippen LogP contribution < -0.4 is 0 Å². The third-order valence-electron chi connectivity index (χ3n) is 3.68. The van der Waals surface area contributed by atoms with Gasteiger partial charge in [-0.05, 0) is 25.5 Å². The van der Waals surface area contributed by atoms with Crippen molar-refractivity contribution in [3.8, 4) is 5.88 Å². The predicted octanol–water partition coefficient (Wildman–Crippen LogP) is 2.57. The van der Waals surface area contributed by atoms with Crippen LogP contribution in [0.1, 0.15) is 34.0 Å². The lowest BCUT2D eigenvalue weighted by Gasteiger charge is -2.16. The normalized spacial score (nSPS) is 12.4. The first-order chi connectivity index (χ1) is 11.4. The molecule has 0 aliphatic carbocycles. The van der Waals surface area contributed by atoms with Crippen molar-refractivity contribution >= 4 is 15.6 Å². The first-order valence-corrected chi connectivity index (χ1v) is 8.99. The van der Waals surface area contributed by atoms with Crippen molar-refractivity contribution in [1.29, 1.82) is 0 Å². The number of alkyl halides is 3. The van der Waals surface area contributed by atoms with Gasteiger partial charge in [-0.1, -0.05) is 6.07 Å². The van der Waals surface area contributed by atoms with Crippen molar-refractivity contribution < 1.29 is 31.5 Å². The van der Waals surface area contributed by atoms with Crippen LogP contribution in [0, 0.1) is 6.92 Å². The molecule has 1 aromatic carbocycles. The molecule has 0 radical (unpaired) electrons. The monoisotopic (exact) mass is 376 g/mol. The maximum atomic E-state index is 13.1. The Morgan fingerprint density at radius 3 is 2.32 bits per heavy atom. The van der Waals surface area contributed by atoms with Crippen molar-refractivity contribution in [3.63, 3.8) is 0 Å². The number of rotatable bonds is 4. The van der Waals surface area contributed by atoms with Crippen LogP contribution in [0.2, 0.25) is 0 Å². The van der Waals surface area contributed by atoms with Crippen LogP contribution in [-0.4, -0.2) is 35.3 Å². The Kier molecular flexibility index (Phi) is 4.69. The zero-order valence-electron chi connectivity index (χ0n) is 13.5. The Hall–Kier alpha value is -2.36. The molecule has 0 aliphatic heterocycles. The summed E-state index contributed by atoms with van der Waals surface area (Å²) in [6.45, 7) is 3.08. The molecule has 0 unspecified atom stereocenters. The smallest absolute Gasteiger partial charge is 0.417 e. The summed E-state index contributed by atoms with van der Waals surface area (Å²) in [5.74, 6) is -1.25. The second-order valence-electron chi connectivity index (χ2n) is 5.41.